The van der Waals surface area contributed by atoms with Crippen LogP contribution in [0.2, 0.25) is 15.1 Å². The maximum atomic E-state index is 13.5. The van der Waals surface area contributed by atoms with E-state index in [1.807, 2.05) is 6.92 Å². The smallest absolute Gasteiger partial charge is 0.199 e. The minimum Gasteiger partial charge on any atom is -0.496 e. The molecule has 2 rings (SSSR count). The molecule has 0 amide bonds. The van der Waals surface area contributed by atoms with Gasteiger partial charge in [0.2, 0.25) is 0 Å². The first-order valence-corrected chi connectivity index (χ1v) is 11.2. The molecular weight excluding hydrogens is 442 g/mol. The molecule has 0 aliphatic rings. The Balaban J connectivity index is 2.56. The molecule has 1 atom stereocenters. The number of rotatable bonds is 9. The lowest BCUT2D eigenvalue weighted by Crippen LogP contribution is -2.12. The summed E-state index contributed by atoms with van der Waals surface area (Å²) in [7, 11) is 1.16. The van der Waals surface area contributed by atoms with Gasteiger partial charge in [0.25, 0.3) is 0 Å². The summed E-state index contributed by atoms with van der Waals surface area (Å²) < 4.78 is 10.7. The average Bonchev–Trinajstić information content (AvgIpc) is 2.66. The van der Waals surface area contributed by atoms with Crippen molar-refractivity contribution in [3.05, 3.63) is 56.5 Å². The topological polar surface area (TPSA) is 52.6 Å². The van der Waals surface area contributed by atoms with Crippen molar-refractivity contribution in [1.82, 2.24) is 0 Å². The third-order valence-electron chi connectivity index (χ3n) is 4.09. The van der Waals surface area contributed by atoms with E-state index in [4.69, 9.17) is 44.3 Å². The molecule has 0 aliphatic heterocycles. The predicted octanol–water partition coefficient (Wildman–Crippen LogP) is 6.93. The molecule has 0 bridgehead atoms. The van der Waals surface area contributed by atoms with E-state index in [0.29, 0.717) is 29.1 Å². The molecule has 0 radical (unpaired) electrons. The normalized spacial score (nSPS) is 11.8. The minimum absolute atomic E-state index is 0.122. The van der Waals surface area contributed by atoms with Gasteiger partial charge in [0.05, 0.1) is 29.8 Å². The van der Waals surface area contributed by atoms with E-state index < -0.39 is 7.92 Å². The summed E-state index contributed by atoms with van der Waals surface area (Å²) in [6, 6.07) is 7.94. The van der Waals surface area contributed by atoms with Gasteiger partial charge >= 0.3 is 0 Å². The molecule has 8 heteroatoms. The summed E-state index contributed by atoms with van der Waals surface area (Å²) in [6.45, 7) is 1.99. The van der Waals surface area contributed by atoms with Crippen LogP contribution in [0, 0.1) is 0 Å². The highest BCUT2D eigenvalue weighted by Gasteiger charge is 2.34. The van der Waals surface area contributed by atoms with Gasteiger partial charge in [-0.25, -0.2) is 0 Å². The first-order chi connectivity index (χ1) is 13.3. The van der Waals surface area contributed by atoms with Crippen molar-refractivity contribution in [2.24, 2.45) is 0 Å². The van der Waals surface area contributed by atoms with Gasteiger partial charge in [-0.15, -0.1) is 0 Å². The van der Waals surface area contributed by atoms with Gasteiger partial charge < -0.3 is 9.47 Å². The fourth-order valence-electron chi connectivity index (χ4n) is 2.69. The van der Waals surface area contributed by atoms with Crippen LogP contribution in [0.5, 0.6) is 11.5 Å². The summed E-state index contributed by atoms with van der Waals surface area (Å²) in [5.41, 5.74) is -0.334. The summed E-state index contributed by atoms with van der Waals surface area (Å²) in [5, 5.41) is 0.583. The summed E-state index contributed by atoms with van der Waals surface area (Å²) in [6.07, 6.45) is 1.97. The minimum atomic E-state index is -1.78. The zero-order valence-electron chi connectivity index (χ0n) is 15.7. The van der Waals surface area contributed by atoms with Gasteiger partial charge in [0.1, 0.15) is 17.1 Å². The van der Waals surface area contributed by atoms with Crippen molar-refractivity contribution >= 4 is 53.8 Å². The van der Waals surface area contributed by atoms with Crippen molar-refractivity contribution in [3.63, 3.8) is 0 Å². The molecule has 28 heavy (non-hydrogen) atoms. The predicted molar refractivity (Wildman–Crippen MR) is 116 cm³/mol. The molecule has 4 nitrogen and oxygen atoms in total. The second kappa shape index (κ2) is 10.5. The Labute approximate surface area is 180 Å². The van der Waals surface area contributed by atoms with E-state index in [1.165, 1.54) is 26.4 Å². The molecule has 0 saturated carbocycles. The van der Waals surface area contributed by atoms with Crippen LogP contribution < -0.4 is 9.47 Å². The van der Waals surface area contributed by atoms with Crippen LogP contribution in [0.1, 0.15) is 40.5 Å². The van der Waals surface area contributed by atoms with E-state index in [2.05, 4.69) is 0 Å². The molecule has 0 aliphatic carbocycles. The lowest BCUT2D eigenvalue weighted by Gasteiger charge is -2.19. The largest absolute Gasteiger partial charge is 0.496 e. The number of methoxy groups -OCH3 is 2. The van der Waals surface area contributed by atoms with Crippen LogP contribution in [0.15, 0.2) is 30.3 Å². The van der Waals surface area contributed by atoms with Gasteiger partial charge in [-0.1, -0.05) is 54.2 Å². The standard InChI is InChI=1S/C20H20Cl3O4P/c1-4-5-9-28(19(24)17-13(22)10-12(21)11-14(17)23)20(25)18-15(26-2)7-6-8-16(18)27-3/h6-8,10-11H,4-5,9H2,1-3H3. The molecule has 0 saturated heterocycles. The van der Waals surface area contributed by atoms with E-state index in [0.717, 1.165) is 6.42 Å². The number of benzene rings is 2. The third kappa shape index (κ3) is 4.99. The molecule has 0 aromatic heterocycles. The quantitative estimate of drug-likeness (QED) is 0.380. The van der Waals surface area contributed by atoms with Crippen LogP contribution in [0.3, 0.4) is 0 Å². The Kier molecular flexibility index (Phi) is 8.57. The fraction of sp³-hybridized carbons (Fsp3) is 0.300. The molecule has 150 valence electrons. The highest BCUT2D eigenvalue weighted by Crippen LogP contribution is 2.50. The zero-order valence-corrected chi connectivity index (χ0v) is 18.9. The lowest BCUT2D eigenvalue weighted by atomic mass is 10.2. The number of halogens is 3. The third-order valence-corrected chi connectivity index (χ3v) is 7.09. The number of hydrogen-bond donors (Lipinski definition) is 0. The van der Waals surface area contributed by atoms with E-state index >= 15 is 0 Å². The van der Waals surface area contributed by atoms with Crippen molar-refractivity contribution in [1.29, 1.82) is 0 Å². The van der Waals surface area contributed by atoms with Crippen molar-refractivity contribution < 1.29 is 19.1 Å². The van der Waals surface area contributed by atoms with Gasteiger partial charge in [0.15, 0.2) is 11.0 Å². The SMILES string of the molecule is CCCCP(C(=O)c1c(Cl)cc(Cl)cc1Cl)C(=O)c1c(OC)cccc1OC. The second-order valence-electron chi connectivity index (χ2n) is 5.90. The number of ether oxygens (including phenoxy) is 2. The van der Waals surface area contributed by atoms with Crippen LogP contribution in [-0.4, -0.2) is 31.4 Å². The van der Waals surface area contributed by atoms with Crippen LogP contribution in [0.25, 0.3) is 0 Å². The first-order valence-electron chi connectivity index (χ1n) is 8.57. The molecule has 0 spiro atoms. The van der Waals surface area contributed by atoms with E-state index in [-0.39, 0.29) is 32.2 Å². The van der Waals surface area contributed by atoms with Gasteiger partial charge in [-0.3, -0.25) is 9.59 Å². The Bertz CT molecular complexity index is 840. The first kappa shape index (κ1) is 23.0. The highest BCUT2D eigenvalue weighted by molar-refractivity contribution is 7.90. The van der Waals surface area contributed by atoms with E-state index in [1.54, 1.807) is 18.2 Å². The molecule has 2 aromatic carbocycles. The summed E-state index contributed by atoms with van der Waals surface area (Å²) >= 11 is 18.4. The second-order valence-corrected chi connectivity index (χ2v) is 9.26. The Morgan fingerprint density at radius 2 is 1.43 bits per heavy atom. The van der Waals surface area contributed by atoms with Crippen molar-refractivity contribution in [3.8, 4) is 11.5 Å². The maximum absolute atomic E-state index is 13.5. The Hall–Kier alpha value is -1.32. The van der Waals surface area contributed by atoms with Gasteiger partial charge in [-0.05, 0) is 36.8 Å². The zero-order chi connectivity index (χ0) is 20.8. The van der Waals surface area contributed by atoms with Crippen molar-refractivity contribution in [2.45, 2.75) is 19.8 Å². The van der Waals surface area contributed by atoms with Crippen LogP contribution in [0.4, 0.5) is 0 Å². The fourth-order valence-corrected chi connectivity index (χ4v) is 6.03. The molecule has 0 fully saturated rings. The van der Waals surface area contributed by atoms with Crippen LogP contribution in [-0.2, 0) is 0 Å². The number of hydrogen-bond acceptors (Lipinski definition) is 4. The molecule has 0 heterocycles. The number of unbranched alkanes of at least 4 members (excludes halogenated alkanes) is 1. The number of carbonyl (C=O) groups is 2. The average molecular weight is 462 g/mol. The highest BCUT2D eigenvalue weighted by atomic mass is 35.5. The Morgan fingerprint density at radius 3 is 1.89 bits per heavy atom. The summed E-state index contributed by atoms with van der Waals surface area (Å²) in [4.78, 5) is 26.8. The molecular formula is C20H20Cl3O4P. The van der Waals surface area contributed by atoms with E-state index in [9.17, 15) is 9.59 Å². The molecule has 2 aromatic rings. The monoisotopic (exact) mass is 460 g/mol. The molecule has 1 unspecified atom stereocenters. The van der Waals surface area contributed by atoms with Crippen molar-refractivity contribution in [2.75, 3.05) is 20.4 Å². The van der Waals surface area contributed by atoms with Crippen LogP contribution >= 0.6 is 42.7 Å². The van der Waals surface area contributed by atoms with Gasteiger partial charge in [0, 0.05) is 12.9 Å². The summed E-state index contributed by atoms with van der Waals surface area (Å²) in [5.74, 6) is 0.712. The van der Waals surface area contributed by atoms with Gasteiger partial charge in [-0.2, -0.15) is 0 Å². The maximum Gasteiger partial charge on any atom is 0.199 e. The molecule has 0 N–H and O–H groups in total. The lowest BCUT2D eigenvalue weighted by molar-refractivity contribution is 0.104. The number of carbonyl (C=O) groups excluding carboxylic acids is 2. The Morgan fingerprint density at radius 1 is 0.929 bits per heavy atom.